The zero-order chi connectivity index (χ0) is 12.3. The Labute approximate surface area is 106 Å². The molecule has 1 aromatic carbocycles. The molecule has 1 heterocycles. The van der Waals surface area contributed by atoms with Gasteiger partial charge in [0.2, 0.25) is 0 Å². The van der Waals surface area contributed by atoms with Gasteiger partial charge >= 0.3 is 0 Å². The van der Waals surface area contributed by atoms with Crippen LogP contribution in [0.15, 0.2) is 30.5 Å². The first-order valence-electron chi connectivity index (χ1n) is 5.66. The Morgan fingerprint density at radius 2 is 2.24 bits per heavy atom. The standard InChI is InChI=1S/C13H16ClN3/c1-10-11(6-7-15-2)9-17(16-10)13-5-3-4-12(14)8-13/h3-5,8-9,15H,6-7H2,1-2H3. The molecule has 0 spiro atoms. The number of benzene rings is 1. The summed E-state index contributed by atoms with van der Waals surface area (Å²) < 4.78 is 1.88. The van der Waals surface area contributed by atoms with E-state index in [2.05, 4.69) is 16.6 Å². The summed E-state index contributed by atoms with van der Waals surface area (Å²) in [6.07, 6.45) is 3.06. The van der Waals surface area contributed by atoms with Crippen molar-refractivity contribution >= 4 is 11.6 Å². The number of likely N-dealkylation sites (N-methyl/N-ethyl adjacent to an activating group) is 1. The van der Waals surface area contributed by atoms with Gasteiger partial charge in [-0.05, 0) is 50.7 Å². The number of aryl methyl sites for hydroxylation is 1. The third-order valence-corrected chi connectivity index (χ3v) is 2.95. The zero-order valence-corrected chi connectivity index (χ0v) is 10.8. The number of halogens is 1. The number of aromatic nitrogens is 2. The summed E-state index contributed by atoms with van der Waals surface area (Å²) in [5.74, 6) is 0. The second-order valence-electron chi connectivity index (χ2n) is 4.02. The lowest BCUT2D eigenvalue weighted by Crippen LogP contribution is -2.10. The van der Waals surface area contributed by atoms with Crippen molar-refractivity contribution in [1.29, 1.82) is 0 Å². The molecule has 3 nitrogen and oxygen atoms in total. The third kappa shape index (κ3) is 2.87. The van der Waals surface area contributed by atoms with Gasteiger partial charge < -0.3 is 5.32 Å². The highest BCUT2D eigenvalue weighted by molar-refractivity contribution is 6.30. The molecule has 0 atom stereocenters. The van der Waals surface area contributed by atoms with Crippen LogP contribution >= 0.6 is 11.6 Å². The van der Waals surface area contributed by atoms with Gasteiger partial charge in [0.25, 0.3) is 0 Å². The molecule has 17 heavy (non-hydrogen) atoms. The van der Waals surface area contributed by atoms with Crippen molar-refractivity contribution in [2.45, 2.75) is 13.3 Å². The smallest absolute Gasteiger partial charge is 0.0660 e. The van der Waals surface area contributed by atoms with Gasteiger partial charge in [0.05, 0.1) is 11.4 Å². The minimum absolute atomic E-state index is 0.729. The van der Waals surface area contributed by atoms with Gasteiger partial charge in [0, 0.05) is 11.2 Å². The van der Waals surface area contributed by atoms with Crippen LogP contribution in [0.25, 0.3) is 5.69 Å². The maximum absolute atomic E-state index is 5.97. The first-order valence-corrected chi connectivity index (χ1v) is 6.04. The summed E-state index contributed by atoms with van der Waals surface area (Å²) in [7, 11) is 1.96. The molecule has 1 N–H and O–H groups in total. The van der Waals surface area contributed by atoms with E-state index < -0.39 is 0 Å². The molecule has 0 saturated heterocycles. The van der Waals surface area contributed by atoms with E-state index in [4.69, 9.17) is 11.6 Å². The van der Waals surface area contributed by atoms with Crippen LogP contribution in [-0.4, -0.2) is 23.4 Å². The number of hydrogen-bond acceptors (Lipinski definition) is 2. The van der Waals surface area contributed by atoms with E-state index in [9.17, 15) is 0 Å². The first-order chi connectivity index (χ1) is 8.20. The Kier molecular flexibility index (Phi) is 3.82. The summed E-state index contributed by atoms with van der Waals surface area (Å²) in [6.45, 7) is 2.99. The van der Waals surface area contributed by atoms with Crippen molar-refractivity contribution in [3.63, 3.8) is 0 Å². The van der Waals surface area contributed by atoms with E-state index >= 15 is 0 Å². The first kappa shape index (κ1) is 12.1. The van der Waals surface area contributed by atoms with Crippen molar-refractivity contribution in [2.75, 3.05) is 13.6 Å². The van der Waals surface area contributed by atoms with Crippen molar-refractivity contribution in [3.8, 4) is 5.69 Å². The number of hydrogen-bond donors (Lipinski definition) is 1. The number of rotatable bonds is 4. The largest absolute Gasteiger partial charge is 0.319 e. The van der Waals surface area contributed by atoms with Crippen LogP contribution in [0.1, 0.15) is 11.3 Å². The summed E-state index contributed by atoms with van der Waals surface area (Å²) in [5, 5.41) is 8.38. The van der Waals surface area contributed by atoms with Crippen molar-refractivity contribution in [1.82, 2.24) is 15.1 Å². The normalized spacial score (nSPS) is 10.8. The van der Waals surface area contributed by atoms with Crippen LogP contribution in [0.3, 0.4) is 0 Å². The molecule has 2 aromatic rings. The highest BCUT2D eigenvalue weighted by Crippen LogP contribution is 2.16. The minimum atomic E-state index is 0.729. The SMILES string of the molecule is CNCCc1cn(-c2cccc(Cl)c2)nc1C. The van der Waals surface area contributed by atoms with Crippen LogP contribution in [0, 0.1) is 6.92 Å². The molecular weight excluding hydrogens is 234 g/mol. The molecule has 0 radical (unpaired) electrons. The summed E-state index contributed by atoms with van der Waals surface area (Å²) in [5.41, 5.74) is 3.33. The van der Waals surface area contributed by atoms with Crippen LogP contribution < -0.4 is 5.32 Å². The van der Waals surface area contributed by atoms with Crippen molar-refractivity contribution in [3.05, 3.63) is 46.7 Å². The van der Waals surface area contributed by atoms with Crippen molar-refractivity contribution in [2.24, 2.45) is 0 Å². The molecule has 0 bridgehead atoms. The predicted octanol–water partition coefficient (Wildman–Crippen LogP) is 2.60. The molecular formula is C13H16ClN3. The number of nitrogens with zero attached hydrogens (tertiary/aromatic N) is 2. The molecule has 90 valence electrons. The molecule has 0 aliphatic rings. The number of nitrogens with one attached hydrogen (secondary N) is 1. The average Bonchev–Trinajstić information content (AvgIpc) is 2.68. The second-order valence-corrected chi connectivity index (χ2v) is 4.45. The molecule has 4 heteroatoms. The van der Waals surface area contributed by atoms with Crippen LogP contribution in [0.2, 0.25) is 5.02 Å². The molecule has 1 aromatic heterocycles. The maximum atomic E-state index is 5.97. The Morgan fingerprint density at radius 3 is 2.94 bits per heavy atom. The minimum Gasteiger partial charge on any atom is -0.319 e. The average molecular weight is 250 g/mol. The molecule has 0 fully saturated rings. The van der Waals surface area contributed by atoms with Gasteiger partial charge in [-0.1, -0.05) is 17.7 Å². The van der Waals surface area contributed by atoms with E-state index in [-0.39, 0.29) is 0 Å². The molecule has 0 aliphatic carbocycles. The Balaban J connectivity index is 2.28. The molecule has 0 saturated carbocycles. The quantitative estimate of drug-likeness (QED) is 0.903. The lowest BCUT2D eigenvalue weighted by molar-refractivity contribution is 0.788. The molecule has 0 unspecified atom stereocenters. The highest BCUT2D eigenvalue weighted by Gasteiger charge is 2.05. The van der Waals surface area contributed by atoms with Gasteiger partial charge in [0.1, 0.15) is 0 Å². The lowest BCUT2D eigenvalue weighted by Gasteiger charge is -2.00. The summed E-state index contributed by atoms with van der Waals surface area (Å²) in [6, 6.07) is 7.71. The molecule has 0 aliphatic heterocycles. The van der Waals surface area contributed by atoms with Gasteiger partial charge in [-0.3, -0.25) is 0 Å². The zero-order valence-electron chi connectivity index (χ0n) is 10.1. The van der Waals surface area contributed by atoms with E-state index in [1.165, 1.54) is 5.56 Å². The Hall–Kier alpha value is -1.32. The second kappa shape index (κ2) is 5.34. The van der Waals surface area contributed by atoms with Crippen LogP contribution in [0.4, 0.5) is 0 Å². The fourth-order valence-corrected chi connectivity index (χ4v) is 1.94. The van der Waals surface area contributed by atoms with Crippen molar-refractivity contribution < 1.29 is 0 Å². The Morgan fingerprint density at radius 1 is 1.41 bits per heavy atom. The maximum Gasteiger partial charge on any atom is 0.0660 e. The van der Waals surface area contributed by atoms with Crippen LogP contribution in [-0.2, 0) is 6.42 Å². The summed E-state index contributed by atoms with van der Waals surface area (Å²) >= 11 is 5.97. The topological polar surface area (TPSA) is 29.9 Å². The van der Waals surface area contributed by atoms with Gasteiger partial charge in [0.15, 0.2) is 0 Å². The van der Waals surface area contributed by atoms with E-state index in [1.807, 2.05) is 42.9 Å². The lowest BCUT2D eigenvalue weighted by atomic mass is 10.2. The fourth-order valence-electron chi connectivity index (χ4n) is 1.75. The molecule has 0 amide bonds. The monoisotopic (exact) mass is 249 g/mol. The summed E-state index contributed by atoms with van der Waals surface area (Å²) in [4.78, 5) is 0. The third-order valence-electron chi connectivity index (χ3n) is 2.72. The Bertz CT molecular complexity index is 505. The fraction of sp³-hybridized carbons (Fsp3) is 0.308. The predicted molar refractivity (Wildman–Crippen MR) is 70.9 cm³/mol. The van der Waals surface area contributed by atoms with Gasteiger partial charge in [-0.25, -0.2) is 4.68 Å². The van der Waals surface area contributed by atoms with E-state index in [0.29, 0.717) is 0 Å². The van der Waals surface area contributed by atoms with E-state index in [0.717, 1.165) is 29.4 Å². The molecule has 2 rings (SSSR count). The highest BCUT2D eigenvalue weighted by atomic mass is 35.5. The van der Waals surface area contributed by atoms with Crippen LogP contribution in [0.5, 0.6) is 0 Å². The van der Waals surface area contributed by atoms with E-state index in [1.54, 1.807) is 0 Å². The van der Waals surface area contributed by atoms with Gasteiger partial charge in [-0.15, -0.1) is 0 Å². The van der Waals surface area contributed by atoms with Gasteiger partial charge in [-0.2, -0.15) is 5.10 Å².